The van der Waals surface area contributed by atoms with Gasteiger partial charge in [0.25, 0.3) is 0 Å². The largest absolute Gasteiger partial charge is 0.467 e. The lowest BCUT2D eigenvalue weighted by Crippen LogP contribution is -2.25. The van der Waals surface area contributed by atoms with Crippen molar-refractivity contribution in [2.75, 3.05) is 6.54 Å². The fraction of sp³-hybridized carbons (Fsp3) is 0.273. The van der Waals surface area contributed by atoms with Gasteiger partial charge in [-0.25, -0.2) is 13.1 Å². The zero-order valence-corrected chi connectivity index (χ0v) is 13.0. The Labute approximate surface area is 123 Å². The van der Waals surface area contributed by atoms with Crippen molar-refractivity contribution >= 4 is 37.3 Å². The predicted octanol–water partition coefficient (Wildman–Crippen LogP) is 2.51. The van der Waals surface area contributed by atoms with Crippen LogP contribution in [0.1, 0.15) is 18.3 Å². The fourth-order valence-electron chi connectivity index (χ4n) is 1.47. The summed E-state index contributed by atoms with van der Waals surface area (Å²) in [7, 11) is -3.51. The molecule has 0 amide bonds. The molecule has 0 radical (unpaired) electrons. The summed E-state index contributed by atoms with van der Waals surface area (Å²) in [6.45, 7) is 0.139. The van der Waals surface area contributed by atoms with E-state index in [1.165, 1.54) is 12.3 Å². The minimum absolute atomic E-state index is 0.139. The van der Waals surface area contributed by atoms with Gasteiger partial charge in [0.2, 0.25) is 10.0 Å². The zero-order valence-electron chi connectivity index (χ0n) is 9.74. The van der Waals surface area contributed by atoms with Gasteiger partial charge in [-0.3, -0.25) is 0 Å². The van der Waals surface area contributed by atoms with Crippen molar-refractivity contribution in [1.29, 1.82) is 0 Å². The average Bonchev–Trinajstić information content (AvgIpc) is 2.99. The van der Waals surface area contributed by atoms with Gasteiger partial charge in [0.1, 0.15) is 16.1 Å². The van der Waals surface area contributed by atoms with Crippen LogP contribution in [-0.4, -0.2) is 20.1 Å². The molecule has 0 bridgehead atoms. The summed E-state index contributed by atoms with van der Waals surface area (Å²) in [5, 5.41) is 9.75. The number of halogens is 1. The van der Waals surface area contributed by atoms with Crippen molar-refractivity contribution < 1.29 is 17.9 Å². The fourth-order valence-corrected chi connectivity index (χ4v) is 4.57. The van der Waals surface area contributed by atoms with E-state index in [1.54, 1.807) is 18.2 Å². The molecule has 0 aliphatic rings. The van der Waals surface area contributed by atoms with E-state index in [2.05, 4.69) is 20.7 Å². The Balaban J connectivity index is 1.89. The first-order valence-electron chi connectivity index (χ1n) is 5.45. The van der Waals surface area contributed by atoms with E-state index in [0.29, 0.717) is 5.76 Å². The molecule has 0 aromatic carbocycles. The molecule has 0 saturated carbocycles. The molecule has 1 atom stereocenters. The molecule has 5 nitrogen and oxygen atoms in total. The summed E-state index contributed by atoms with van der Waals surface area (Å²) >= 11 is 4.35. The van der Waals surface area contributed by atoms with Gasteiger partial charge in [0.15, 0.2) is 0 Å². The SMILES string of the molecule is O=S(=O)(NCCC(O)c1ccco1)c1ccc(Br)s1. The molecule has 0 aliphatic heterocycles. The van der Waals surface area contributed by atoms with Crippen LogP contribution in [0.25, 0.3) is 0 Å². The van der Waals surface area contributed by atoms with Crippen LogP contribution in [0.15, 0.2) is 42.9 Å². The molecule has 0 spiro atoms. The van der Waals surface area contributed by atoms with Gasteiger partial charge in [-0.05, 0) is 46.6 Å². The molecule has 2 heterocycles. The van der Waals surface area contributed by atoms with Crippen LogP contribution in [0.4, 0.5) is 0 Å². The number of hydrogen-bond donors (Lipinski definition) is 2. The second-order valence-electron chi connectivity index (χ2n) is 3.78. The van der Waals surface area contributed by atoms with Crippen molar-refractivity contribution in [2.45, 2.75) is 16.7 Å². The molecule has 104 valence electrons. The topological polar surface area (TPSA) is 79.5 Å². The molecule has 2 rings (SSSR count). The molecule has 2 N–H and O–H groups in total. The van der Waals surface area contributed by atoms with Gasteiger partial charge in [-0.2, -0.15) is 0 Å². The quantitative estimate of drug-likeness (QED) is 0.823. The van der Waals surface area contributed by atoms with Crippen LogP contribution in [0.5, 0.6) is 0 Å². The molecule has 8 heteroatoms. The molecule has 0 aliphatic carbocycles. The van der Waals surface area contributed by atoms with E-state index >= 15 is 0 Å². The number of rotatable bonds is 6. The Hall–Kier alpha value is -0.670. The smallest absolute Gasteiger partial charge is 0.250 e. The standard InChI is InChI=1S/C11H12BrNO4S2/c12-10-3-4-11(18-10)19(15,16)13-6-5-8(14)9-2-1-7-17-9/h1-4,7-8,13-14H,5-6H2. The highest BCUT2D eigenvalue weighted by Gasteiger charge is 2.17. The Kier molecular flexibility index (Phi) is 4.80. The van der Waals surface area contributed by atoms with E-state index in [4.69, 9.17) is 4.42 Å². The highest BCUT2D eigenvalue weighted by molar-refractivity contribution is 9.11. The highest BCUT2D eigenvalue weighted by atomic mass is 79.9. The Morgan fingerprint density at radius 2 is 2.21 bits per heavy atom. The van der Waals surface area contributed by atoms with Crippen LogP contribution >= 0.6 is 27.3 Å². The summed E-state index contributed by atoms with van der Waals surface area (Å²) in [4.78, 5) is 0. The van der Waals surface area contributed by atoms with Crippen LogP contribution < -0.4 is 4.72 Å². The second kappa shape index (κ2) is 6.19. The summed E-state index contributed by atoms with van der Waals surface area (Å²) < 4.78 is 32.2. The molecule has 1 unspecified atom stereocenters. The third kappa shape index (κ3) is 3.90. The van der Waals surface area contributed by atoms with E-state index in [1.807, 2.05) is 0 Å². The lowest BCUT2D eigenvalue weighted by molar-refractivity contribution is 0.142. The van der Waals surface area contributed by atoms with Crippen molar-refractivity contribution in [3.05, 3.63) is 40.1 Å². The van der Waals surface area contributed by atoms with Crippen molar-refractivity contribution in [3.63, 3.8) is 0 Å². The molecular formula is C11H12BrNO4S2. The monoisotopic (exact) mass is 365 g/mol. The average molecular weight is 366 g/mol. The molecule has 19 heavy (non-hydrogen) atoms. The minimum atomic E-state index is -3.51. The van der Waals surface area contributed by atoms with Crippen LogP contribution in [0.3, 0.4) is 0 Å². The lowest BCUT2D eigenvalue weighted by Gasteiger charge is -2.08. The van der Waals surface area contributed by atoms with Crippen molar-refractivity contribution in [3.8, 4) is 0 Å². The van der Waals surface area contributed by atoms with Crippen molar-refractivity contribution in [2.24, 2.45) is 0 Å². The number of thiophene rings is 1. The molecule has 0 fully saturated rings. The van der Waals surface area contributed by atoms with Gasteiger partial charge in [0, 0.05) is 6.54 Å². The molecule has 2 aromatic heterocycles. The van der Waals surface area contributed by atoms with Gasteiger partial charge in [0.05, 0.1) is 10.0 Å². The maximum absolute atomic E-state index is 11.9. The van der Waals surface area contributed by atoms with E-state index in [9.17, 15) is 13.5 Å². The number of hydrogen-bond acceptors (Lipinski definition) is 5. The Morgan fingerprint density at radius 3 is 2.79 bits per heavy atom. The van der Waals surface area contributed by atoms with Crippen LogP contribution in [0, 0.1) is 0 Å². The molecule has 2 aromatic rings. The lowest BCUT2D eigenvalue weighted by atomic mass is 10.2. The van der Waals surface area contributed by atoms with Gasteiger partial charge in [-0.1, -0.05) is 0 Å². The maximum Gasteiger partial charge on any atom is 0.250 e. The van der Waals surface area contributed by atoms with E-state index < -0.39 is 16.1 Å². The zero-order chi connectivity index (χ0) is 13.9. The normalized spacial score (nSPS) is 13.6. The second-order valence-corrected chi connectivity index (χ2v) is 8.23. The number of furan rings is 1. The first-order chi connectivity index (χ1) is 8.99. The first kappa shape index (κ1) is 14.7. The summed E-state index contributed by atoms with van der Waals surface area (Å²) in [6.07, 6.45) is 0.901. The molecule has 0 saturated heterocycles. The first-order valence-corrected chi connectivity index (χ1v) is 8.55. The minimum Gasteiger partial charge on any atom is -0.467 e. The summed E-state index contributed by atoms with van der Waals surface area (Å²) in [5.41, 5.74) is 0. The van der Waals surface area contributed by atoms with Crippen LogP contribution in [0.2, 0.25) is 0 Å². The number of sulfonamides is 1. The Bertz CT molecular complexity index is 621. The number of aliphatic hydroxyl groups excluding tert-OH is 1. The summed E-state index contributed by atoms with van der Waals surface area (Å²) in [5.74, 6) is 0.429. The maximum atomic E-state index is 11.9. The Morgan fingerprint density at radius 1 is 1.42 bits per heavy atom. The van der Waals surface area contributed by atoms with Gasteiger partial charge >= 0.3 is 0 Å². The van der Waals surface area contributed by atoms with E-state index in [-0.39, 0.29) is 17.2 Å². The third-order valence-corrected chi connectivity index (χ3v) is 5.97. The highest BCUT2D eigenvalue weighted by Crippen LogP contribution is 2.26. The van der Waals surface area contributed by atoms with E-state index in [0.717, 1.165) is 15.1 Å². The summed E-state index contributed by atoms with van der Waals surface area (Å²) in [6, 6.07) is 6.53. The van der Waals surface area contributed by atoms with Gasteiger partial charge < -0.3 is 9.52 Å². The van der Waals surface area contributed by atoms with Crippen LogP contribution in [-0.2, 0) is 10.0 Å². The molecular weight excluding hydrogens is 354 g/mol. The predicted molar refractivity (Wildman–Crippen MR) is 75.5 cm³/mol. The number of nitrogens with one attached hydrogen (secondary N) is 1. The van der Waals surface area contributed by atoms with Gasteiger partial charge in [-0.15, -0.1) is 11.3 Å². The third-order valence-electron chi connectivity index (χ3n) is 2.39. The number of aliphatic hydroxyl groups is 1. The van der Waals surface area contributed by atoms with Crippen molar-refractivity contribution in [1.82, 2.24) is 4.72 Å².